The molecule has 3 aromatic carbocycles. The summed E-state index contributed by atoms with van der Waals surface area (Å²) in [6, 6.07) is 20.5. The van der Waals surface area contributed by atoms with Gasteiger partial charge in [-0.2, -0.15) is 0 Å². The maximum absolute atomic E-state index is 13.5. The third-order valence-electron chi connectivity index (χ3n) is 11.4. The average Bonchev–Trinajstić information content (AvgIpc) is 3.78. The number of fused-ring (bicyclic) bond motifs is 1. The Balaban J connectivity index is 1.14. The van der Waals surface area contributed by atoms with Crippen molar-refractivity contribution in [2.24, 2.45) is 0 Å². The van der Waals surface area contributed by atoms with Crippen LogP contribution in [0.1, 0.15) is 85.2 Å². The van der Waals surface area contributed by atoms with E-state index in [1.165, 1.54) is 24.8 Å². The summed E-state index contributed by atoms with van der Waals surface area (Å²) in [5.41, 5.74) is 7.89. The maximum Gasteiger partial charge on any atom is 0.251 e. The fourth-order valence-corrected chi connectivity index (χ4v) is 8.66. The molecule has 2 bridgehead atoms. The lowest BCUT2D eigenvalue weighted by Crippen LogP contribution is -2.37. The van der Waals surface area contributed by atoms with Gasteiger partial charge >= 0.3 is 0 Å². The Morgan fingerprint density at radius 2 is 1.54 bits per heavy atom. The molecule has 8 rings (SSSR count). The molecule has 54 heavy (non-hydrogen) atoms. The van der Waals surface area contributed by atoms with Gasteiger partial charge in [-0.25, -0.2) is 0 Å². The van der Waals surface area contributed by atoms with Gasteiger partial charge in [0.1, 0.15) is 18.9 Å². The molecule has 10 nitrogen and oxygen atoms in total. The van der Waals surface area contributed by atoms with Crippen molar-refractivity contribution in [1.29, 1.82) is 0 Å². The van der Waals surface area contributed by atoms with E-state index in [1.54, 1.807) is 0 Å². The molecular formula is C44H51N5O5. The molecule has 2 saturated heterocycles. The molecule has 4 aliphatic rings. The number of benzene rings is 3. The van der Waals surface area contributed by atoms with Crippen LogP contribution in [0, 0.1) is 0 Å². The predicted octanol–water partition coefficient (Wildman–Crippen LogP) is 7.09. The Bertz CT molecular complexity index is 2020. The number of nitrogens with one attached hydrogen (secondary N) is 2. The molecule has 0 radical (unpaired) electrons. The van der Waals surface area contributed by atoms with E-state index in [0.29, 0.717) is 50.8 Å². The number of nitrogens with zero attached hydrogens (tertiary/aromatic N) is 3. The standard InChI is InChI=1S/C44H51N5O5/c50-40-29-49-39-28-33(44(52)46-21-7-2-1-6-20-45-40)14-18-37(39)42(31-9-4-3-5-10-31)43(49)32-12-16-36(17-13-32)54-30-34-27-35(48-22-8-11-41(48)51)15-19-38(34)47-23-25-53-26-24-47/h1-2,12-19,27-28,31H,3-11,20-26,29-30H2,(H,45,50)(H,46,52). The van der Waals surface area contributed by atoms with Crippen LogP contribution in [0.2, 0.25) is 0 Å². The number of hydrogen-bond acceptors (Lipinski definition) is 6. The van der Waals surface area contributed by atoms with Gasteiger partial charge in [-0.05, 0) is 104 Å². The smallest absolute Gasteiger partial charge is 0.251 e. The molecule has 1 saturated carbocycles. The monoisotopic (exact) mass is 729 g/mol. The SMILES string of the molecule is O=C1Cn2c(-c3ccc(OCc4cc(N5CCCC5=O)ccc4N4CCOCC4)cc3)c(C3CCCCC3)c3ccc(cc32)C(=O)NCCC=CCCN1. The number of hydrogen-bond donors (Lipinski definition) is 2. The van der Waals surface area contributed by atoms with Crippen LogP contribution in [-0.2, 0) is 27.5 Å². The first kappa shape index (κ1) is 35.9. The summed E-state index contributed by atoms with van der Waals surface area (Å²) in [5.74, 6) is 1.12. The lowest BCUT2D eigenvalue weighted by Gasteiger charge is -2.31. The Kier molecular flexibility index (Phi) is 11.0. The van der Waals surface area contributed by atoms with Gasteiger partial charge in [-0.1, -0.05) is 37.5 Å². The van der Waals surface area contributed by atoms with Crippen molar-refractivity contribution in [2.75, 3.05) is 55.7 Å². The molecule has 282 valence electrons. The van der Waals surface area contributed by atoms with Crippen LogP contribution in [0.4, 0.5) is 11.4 Å². The van der Waals surface area contributed by atoms with Crippen LogP contribution in [-0.4, -0.2) is 68.2 Å². The van der Waals surface area contributed by atoms with Crippen LogP contribution in [0.25, 0.3) is 22.2 Å². The number of carbonyl (C=O) groups excluding carboxylic acids is 3. The van der Waals surface area contributed by atoms with Crippen molar-refractivity contribution in [2.45, 2.75) is 76.9 Å². The molecule has 4 aromatic rings. The molecule has 2 N–H and O–H groups in total. The summed E-state index contributed by atoms with van der Waals surface area (Å²) < 4.78 is 14.3. The van der Waals surface area contributed by atoms with Crippen molar-refractivity contribution in [1.82, 2.24) is 15.2 Å². The zero-order valence-corrected chi connectivity index (χ0v) is 31.1. The highest BCUT2D eigenvalue weighted by Gasteiger charge is 2.28. The maximum atomic E-state index is 13.5. The van der Waals surface area contributed by atoms with E-state index in [-0.39, 0.29) is 24.3 Å². The van der Waals surface area contributed by atoms with Crippen molar-refractivity contribution in [3.63, 3.8) is 0 Å². The van der Waals surface area contributed by atoms with Crippen molar-refractivity contribution < 1.29 is 23.9 Å². The molecule has 1 aromatic heterocycles. The lowest BCUT2D eigenvalue weighted by atomic mass is 9.81. The highest BCUT2D eigenvalue weighted by Crippen LogP contribution is 2.44. The van der Waals surface area contributed by atoms with E-state index < -0.39 is 0 Å². The second-order valence-corrected chi connectivity index (χ2v) is 14.9. The number of aromatic nitrogens is 1. The molecular weight excluding hydrogens is 679 g/mol. The summed E-state index contributed by atoms with van der Waals surface area (Å²) in [4.78, 5) is 43.7. The van der Waals surface area contributed by atoms with Gasteiger partial charge in [0.2, 0.25) is 11.8 Å². The summed E-state index contributed by atoms with van der Waals surface area (Å²) in [6.07, 6.45) is 12.9. The van der Waals surface area contributed by atoms with Crippen LogP contribution in [0.3, 0.4) is 0 Å². The largest absolute Gasteiger partial charge is 0.489 e. The van der Waals surface area contributed by atoms with Gasteiger partial charge in [0.25, 0.3) is 5.91 Å². The summed E-state index contributed by atoms with van der Waals surface area (Å²) in [6.45, 7) is 5.36. The minimum Gasteiger partial charge on any atom is -0.489 e. The summed E-state index contributed by atoms with van der Waals surface area (Å²) in [5, 5.41) is 7.31. The minimum absolute atomic E-state index is 0.0460. The van der Waals surface area contributed by atoms with Gasteiger partial charge in [0.05, 0.1) is 24.4 Å². The molecule has 1 aliphatic carbocycles. The number of ether oxygens (including phenoxy) is 2. The zero-order chi connectivity index (χ0) is 36.9. The van der Waals surface area contributed by atoms with Crippen LogP contribution < -0.4 is 25.2 Å². The average molecular weight is 730 g/mol. The van der Waals surface area contributed by atoms with Gasteiger partial charge in [-0.3, -0.25) is 14.4 Å². The molecule has 4 heterocycles. The van der Waals surface area contributed by atoms with Gasteiger partial charge in [0, 0.05) is 67.0 Å². The lowest BCUT2D eigenvalue weighted by molar-refractivity contribution is -0.121. The van der Waals surface area contributed by atoms with E-state index in [9.17, 15) is 14.4 Å². The third kappa shape index (κ3) is 7.76. The van der Waals surface area contributed by atoms with E-state index >= 15 is 0 Å². The third-order valence-corrected chi connectivity index (χ3v) is 11.4. The highest BCUT2D eigenvalue weighted by atomic mass is 16.5. The number of amides is 3. The fourth-order valence-electron chi connectivity index (χ4n) is 8.66. The van der Waals surface area contributed by atoms with E-state index in [4.69, 9.17) is 9.47 Å². The fraction of sp³-hybridized carbons (Fsp3) is 0.432. The first-order chi connectivity index (χ1) is 26.5. The second-order valence-electron chi connectivity index (χ2n) is 14.9. The first-order valence-corrected chi connectivity index (χ1v) is 19.9. The Morgan fingerprint density at radius 1 is 0.778 bits per heavy atom. The van der Waals surface area contributed by atoms with E-state index in [2.05, 4.69) is 68.7 Å². The minimum atomic E-state index is -0.103. The topological polar surface area (TPSA) is 105 Å². The Morgan fingerprint density at radius 3 is 2.30 bits per heavy atom. The van der Waals surface area contributed by atoms with E-state index in [0.717, 1.165) is 96.6 Å². The number of carbonyl (C=O) groups is 3. The highest BCUT2D eigenvalue weighted by molar-refractivity contribution is 6.01. The predicted molar refractivity (Wildman–Crippen MR) is 212 cm³/mol. The molecule has 0 unspecified atom stereocenters. The number of anilines is 2. The van der Waals surface area contributed by atoms with Gasteiger partial charge < -0.3 is 34.5 Å². The summed E-state index contributed by atoms with van der Waals surface area (Å²) in [7, 11) is 0. The number of morpholine rings is 1. The second kappa shape index (κ2) is 16.5. The molecule has 3 amide bonds. The van der Waals surface area contributed by atoms with Crippen molar-refractivity contribution >= 4 is 40.0 Å². The Hall–Kier alpha value is -5.09. The molecule has 0 atom stereocenters. The van der Waals surface area contributed by atoms with Crippen LogP contribution in [0.5, 0.6) is 5.75 Å². The first-order valence-electron chi connectivity index (χ1n) is 19.9. The van der Waals surface area contributed by atoms with Gasteiger partial charge in [0.15, 0.2) is 0 Å². The quantitative estimate of drug-likeness (QED) is 0.197. The van der Waals surface area contributed by atoms with Crippen molar-refractivity contribution in [3.05, 3.63) is 89.5 Å². The van der Waals surface area contributed by atoms with Crippen molar-refractivity contribution in [3.8, 4) is 17.0 Å². The Labute approximate surface area is 317 Å². The molecule has 3 aliphatic heterocycles. The molecule has 3 fully saturated rings. The summed E-state index contributed by atoms with van der Waals surface area (Å²) >= 11 is 0. The van der Waals surface area contributed by atoms with Gasteiger partial charge in [-0.15, -0.1) is 0 Å². The normalized spacial score (nSPS) is 19.1. The van der Waals surface area contributed by atoms with Crippen LogP contribution in [0.15, 0.2) is 72.8 Å². The molecule has 10 heteroatoms. The number of rotatable bonds is 7. The van der Waals surface area contributed by atoms with Crippen LogP contribution >= 0.6 is 0 Å². The van der Waals surface area contributed by atoms with E-state index in [1.807, 2.05) is 29.2 Å². The molecule has 0 spiro atoms. The zero-order valence-electron chi connectivity index (χ0n) is 31.1.